The number of fused-ring (bicyclic) bond motifs is 2. The fraction of sp³-hybridized carbons (Fsp3) is 0.127. The predicted molar refractivity (Wildman–Crippen MR) is 404 cm³/mol. The number of rotatable bonds is 12. The number of hydrogen-bond acceptors (Lipinski definition) is 10. The van der Waals surface area contributed by atoms with Crippen molar-refractivity contribution in [1.82, 2.24) is 0 Å². The molecule has 27 heteroatoms. The fourth-order valence-electron chi connectivity index (χ4n) is 8.85. The second-order valence-corrected chi connectivity index (χ2v) is 46.3. The molecule has 8 heterocycles. The zero-order valence-corrected chi connectivity index (χ0v) is 65.3. The number of thiophene rings is 8. The molecule has 0 bridgehead atoms. The number of aryl methyl sites for hydroxylation is 2. The standard InChI is InChI=1S/C32H19F3N2S4.C30H19Br2F3S4.CN.Cu.H6P4.H5P3/c1-18-3-5-19(6-4-18)26-11-21(17-36)27(40-26)12-23-14-30-31(38-23)15-24(39-30)13-29-25(37-2)16-28(41-29)20-7-9-22(10-8-20)32(33,34)35;1-16-2-4-17(5-3-16)24-14-22(31)26(38-24)10-20-12-28-29(36-20)13-21(37-28)11-27-23(32)15-25(39-27)18-6-8-19(9-7-18)30(33,34)35;1-2;;1-4(2)3;1-3-2/h3-11,14-16H,12-13H2,1H3;2-9,12-15H,10-11H2,1H3;;;1-3H2;3H,1-2H2/q;;-1;+1;;. The third-order valence-corrected chi connectivity index (χ3v) is 24.2. The van der Waals surface area contributed by atoms with Gasteiger partial charge in [0.15, 0.2) is 0 Å². The molecule has 0 amide bonds. The van der Waals surface area contributed by atoms with Crippen LogP contribution in [0.1, 0.15) is 66.8 Å². The first-order valence-electron chi connectivity index (χ1n) is 26.0. The molecule has 5 unspecified atom stereocenters. The van der Waals surface area contributed by atoms with Gasteiger partial charge in [0.05, 0.1) is 23.3 Å². The number of halogens is 8. The van der Waals surface area contributed by atoms with Crippen LogP contribution in [-0.2, 0) is 55.1 Å². The molecular formula is C63H49Br2CuF6N3P7S8. The number of benzene rings is 4. The Labute approximate surface area is 593 Å². The Morgan fingerprint density at radius 1 is 0.478 bits per heavy atom. The molecule has 0 saturated carbocycles. The van der Waals surface area contributed by atoms with E-state index in [1.54, 1.807) is 63.5 Å². The second-order valence-electron chi connectivity index (χ2n) is 19.4. The minimum Gasteiger partial charge on any atom is -0.512 e. The van der Waals surface area contributed by atoms with Crippen molar-refractivity contribution in [2.45, 2.75) is 51.9 Å². The van der Waals surface area contributed by atoms with Crippen LogP contribution < -0.4 is 0 Å². The molecule has 0 fully saturated rings. The maximum atomic E-state index is 12.9. The van der Waals surface area contributed by atoms with Crippen LogP contribution in [0.5, 0.6) is 0 Å². The number of nitriles is 1. The predicted octanol–water partition coefficient (Wildman–Crippen LogP) is 27.0. The smallest absolute Gasteiger partial charge is 0.512 e. The Balaban J connectivity index is 0.000000224. The van der Waals surface area contributed by atoms with Crippen molar-refractivity contribution >= 4 is 207 Å². The summed E-state index contributed by atoms with van der Waals surface area (Å²) in [7, 11) is 14.0. The quantitative estimate of drug-likeness (QED) is 0.0530. The van der Waals surface area contributed by atoms with Gasteiger partial charge in [-0.3, -0.25) is 0 Å². The molecule has 0 spiro atoms. The van der Waals surface area contributed by atoms with Gasteiger partial charge in [0.25, 0.3) is 0 Å². The molecule has 0 aliphatic rings. The minimum absolute atomic E-state index is 0. The maximum Gasteiger partial charge on any atom is 1.00 e. The molecule has 90 heavy (non-hydrogen) atoms. The molecule has 5 atom stereocenters. The summed E-state index contributed by atoms with van der Waals surface area (Å²) in [5.41, 5.74) is 6.24. The summed E-state index contributed by atoms with van der Waals surface area (Å²) in [4.78, 5) is 17.2. The van der Waals surface area contributed by atoms with Crippen LogP contribution in [0.25, 0.3) is 65.4 Å². The first-order chi connectivity index (χ1) is 42.5. The molecule has 466 valence electrons. The topological polar surface area (TPSA) is 51.9 Å². The van der Waals surface area contributed by atoms with Gasteiger partial charge in [-0.2, -0.15) is 42.9 Å². The third-order valence-electron chi connectivity index (χ3n) is 13.0. The van der Waals surface area contributed by atoms with Crippen molar-refractivity contribution in [1.29, 1.82) is 10.5 Å². The van der Waals surface area contributed by atoms with E-state index in [0.29, 0.717) is 24.1 Å². The average molecular weight is 1660 g/mol. The van der Waals surface area contributed by atoms with E-state index in [9.17, 15) is 31.6 Å². The number of nitrogens with zero attached hydrogens (tertiary/aromatic N) is 3. The Morgan fingerprint density at radius 2 is 0.756 bits per heavy atom. The molecule has 0 radical (unpaired) electrons. The van der Waals surface area contributed by atoms with E-state index in [4.69, 9.17) is 18.4 Å². The van der Waals surface area contributed by atoms with Crippen molar-refractivity contribution in [3.05, 3.63) is 239 Å². The van der Waals surface area contributed by atoms with Crippen molar-refractivity contribution in [2.75, 3.05) is 0 Å². The van der Waals surface area contributed by atoms with Gasteiger partial charge in [0, 0.05) is 112 Å². The van der Waals surface area contributed by atoms with Crippen LogP contribution in [-0.4, -0.2) is 0 Å². The Hall–Kier alpha value is -2.46. The molecule has 12 aromatic rings. The van der Waals surface area contributed by atoms with E-state index < -0.39 is 23.5 Å². The van der Waals surface area contributed by atoms with E-state index >= 15 is 0 Å². The minimum atomic E-state index is -4.38. The summed E-state index contributed by atoms with van der Waals surface area (Å²) >= 11 is 21.1. The van der Waals surface area contributed by atoms with E-state index in [1.165, 1.54) is 88.2 Å². The van der Waals surface area contributed by atoms with E-state index in [0.717, 1.165) is 100.0 Å². The molecule has 3 nitrogen and oxygen atoms in total. The molecule has 0 aliphatic carbocycles. The maximum absolute atomic E-state index is 12.9. The normalized spacial score (nSPS) is 11.1. The van der Waals surface area contributed by atoms with E-state index in [1.807, 2.05) is 46.1 Å². The van der Waals surface area contributed by atoms with Gasteiger partial charge < -0.3 is 11.8 Å². The van der Waals surface area contributed by atoms with Crippen LogP contribution in [0, 0.1) is 43.6 Å². The van der Waals surface area contributed by atoms with E-state index in [2.05, 4.69) is 180 Å². The van der Waals surface area contributed by atoms with Gasteiger partial charge in [-0.15, -0.1) is 124 Å². The van der Waals surface area contributed by atoms with Crippen molar-refractivity contribution in [3.63, 3.8) is 0 Å². The third kappa shape index (κ3) is 20.3. The summed E-state index contributed by atoms with van der Waals surface area (Å²) in [5.74, 6) is 0. The molecule has 0 saturated heterocycles. The molecule has 4 aromatic carbocycles. The monoisotopic (exact) mass is 1650 g/mol. The molecule has 12 rings (SSSR count). The zero-order valence-electron chi connectivity index (χ0n) is 47.0. The van der Waals surface area contributed by atoms with Crippen molar-refractivity contribution in [3.8, 4) is 47.8 Å². The fourth-order valence-corrected chi connectivity index (χ4v) is 20.1. The average Bonchev–Trinajstić information content (AvgIpc) is 1.98. The Bertz CT molecular complexity index is 4390. The summed E-state index contributed by atoms with van der Waals surface area (Å²) in [6.07, 6.45) is -5.68. The second kappa shape index (κ2) is 34.5. The number of hydrogen-bond donors (Lipinski definition) is 0. The van der Waals surface area contributed by atoms with Crippen molar-refractivity contribution < 1.29 is 43.4 Å². The van der Waals surface area contributed by atoms with Crippen LogP contribution in [0.15, 0.2) is 155 Å². The van der Waals surface area contributed by atoms with Crippen LogP contribution >= 0.6 is 182 Å². The molecule has 0 aliphatic heterocycles. The first kappa shape index (κ1) is 74.9. The van der Waals surface area contributed by atoms with Gasteiger partial charge in [-0.05, 0) is 148 Å². The summed E-state index contributed by atoms with van der Waals surface area (Å²) < 4.78 is 84.7. The summed E-state index contributed by atoms with van der Waals surface area (Å²) in [6.45, 7) is 16.7. The molecule has 8 aromatic heterocycles. The Kier molecular flexibility index (Phi) is 28.7. The molecule has 0 N–H and O–H groups in total. The SMILES string of the molecule is Cc1ccc(-c2cc(Br)c(Cc3cc4sc(Cc5sc(-c6ccc(C(F)(F)F)cc6)cc5Br)cc4s3)s2)cc1.PP(P)P.PPP.[C-]#N.[C-]#[N+]c1cc(-c2ccc(C(F)(F)F)cc2)sc1Cc1cc2sc(Cc3sc(-c4ccc(C)cc4)cc3C#N)cc2s1.[Cu+]. The largest absolute Gasteiger partial charge is 1.00 e. The van der Waals surface area contributed by atoms with E-state index in [-0.39, 0.29) is 24.1 Å². The van der Waals surface area contributed by atoms with Crippen LogP contribution in [0.3, 0.4) is 0 Å². The van der Waals surface area contributed by atoms with Gasteiger partial charge in [0.1, 0.15) is 6.07 Å². The summed E-state index contributed by atoms with van der Waals surface area (Å²) in [6, 6.07) is 46.7. The first-order valence-corrected chi connectivity index (χ1v) is 44.9. The van der Waals surface area contributed by atoms with Crippen molar-refractivity contribution in [2.24, 2.45) is 0 Å². The van der Waals surface area contributed by atoms with Crippen LogP contribution in [0.2, 0.25) is 0 Å². The van der Waals surface area contributed by atoms with Gasteiger partial charge in [0.2, 0.25) is 5.69 Å². The Morgan fingerprint density at radius 3 is 1.08 bits per heavy atom. The zero-order chi connectivity index (χ0) is 64.3. The van der Waals surface area contributed by atoms with Crippen LogP contribution in [0.4, 0.5) is 32.0 Å². The van der Waals surface area contributed by atoms with Gasteiger partial charge >= 0.3 is 29.4 Å². The van der Waals surface area contributed by atoms with Gasteiger partial charge in [-0.1, -0.05) is 91.9 Å². The summed E-state index contributed by atoms with van der Waals surface area (Å²) in [5, 5.41) is 16.0. The van der Waals surface area contributed by atoms with Gasteiger partial charge in [-0.25, -0.2) is 4.85 Å². The molecular weight excluding hydrogens is 1610 g/mol. The number of alkyl halides is 6.